The molecule has 6 nitrogen and oxygen atoms in total. The van der Waals surface area contributed by atoms with Crippen molar-refractivity contribution in [1.29, 1.82) is 0 Å². The average Bonchev–Trinajstić information content (AvgIpc) is 3.08. The molecule has 2 aromatic heterocycles. The summed E-state index contributed by atoms with van der Waals surface area (Å²) in [6.45, 7) is 2.61. The maximum absolute atomic E-state index is 12.5. The van der Waals surface area contributed by atoms with Crippen LogP contribution < -0.4 is 5.32 Å². The lowest BCUT2D eigenvalue weighted by atomic mass is 10.1. The first kappa shape index (κ1) is 16.7. The number of nitrogens with zero attached hydrogens (tertiary/aromatic N) is 4. The summed E-state index contributed by atoms with van der Waals surface area (Å²) in [5.74, 6) is 0.529. The number of pyridine rings is 1. The number of carbonyl (C=O) groups excluding carboxylic acids is 1. The van der Waals surface area contributed by atoms with E-state index in [1.165, 1.54) is 0 Å². The molecule has 3 rings (SSSR count). The minimum absolute atomic E-state index is 0.0290. The number of rotatable bonds is 5. The Morgan fingerprint density at radius 3 is 2.72 bits per heavy atom. The van der Waals surface area contributed by atoms with Crippen molar-refractivity contribution in [3.05, 3.63) is 78.2 Å². The Labute approximate surface area is 147 Å². The van der Waals surface area contributed by atoms with Gasteiger partial charge in [0.2, 0.25) is 0 Å². The summed E-state index contributed by atoms with van der Waals surface area (Å²) in [6.07, 6.45) is 5.38. The second-order valence-corrected chi connectivity index (χ2v) is 5.89. The minimum Gasteiger partial charge on any atom is -0.321 e. The molecule has 0 saturated carbocycles. The third-order valence-corrected chi connectivity index (χ3v) is 4.13. The molecule has 2 amide bonds. The van der Waals surface area contributed by atoms with Gasteiger partial charge in [0, 0.05) is 31.7 Å². The molecule has 0 radical (unpaired) electrons. The van der Waals surface area contributed by atoms with Crippen molar-refractivity contribution < 1.29 is 4.79 Å². The average molecular weight is 335 g/mol. The van der Waals surface area contributed by atoms with Gasteiger partial charge in [-0.15, -0.1) is 0 Å². The first-order chi connectivity index (χ1) is 12.1. The van der Waals surface area contributed by atoms with Crippen LogP contribution in [-0.4, -0.2) is 32.7 Å². The lowest BCUT2D eigenvalue weighted by molar-refractivity contribution is 0.208. The van der Waals surface area contributed by atoms with Crippen LogP contribution in [0.4, 0.5) is 10.6 Å². The van der Waals surface area contributed by atoms with E-state index >= 15 is 0 Å². The molecule has 0 aliphatic carbocycles. The van der Waals surface area contributed by atoms with E-state index in [1.807, 2.05) is 55.6 Å². The predicted octanol–water partition coefficient (Wildman–Crippen LogP) is 3.55. The standard InChI is InChI=1S/C19H21N5O/c1-15(17-8-4-3-5-9-17)23(2)19(25)21-18-10-12-24(22-18)14-16-7-6-11-20-13-16/h3-13,15H,14H2,1-2H3,(H,21,22,25). The van der Waals surface area contributed by atoms with Crippen LogP contribution in [0.5, 0.6) is 0 Å². The maximum atomic E-state index is 12.5. The van der Waals surface area contributed by atoms with Crippen molar-refractivity contribution in [2.45, 2.75) is 19.5 Å². The summed E-state index contributed by atoms with van der Waals surface area (Å²) in [6, 6.07) is 15.4. The zero-order valence-electron chi connectivity index (χ0n) is 14.3. The monoisotopic (exact) mass is 335 g/mol. The zero-order valence-corrected chi connectivity index (χ0v) is 14.3. The number of carbonyl (C=O) groups is 1. The maximum Gasteiger partial charge on any atom is 0.323 e. The predicted molar refractivity (Wildman–Crippen MR) is 97.2 cm³/mol. The summed E-state index contributed by atoms with van der Waals surface area (Å²) < 4.78 is 1.77. The van der Waals surface area contributed by atoms with E-state index in [2.05, 4.69) is 15.4 Å². The van der Waals surface area contributed by atoms with Crippen LogP contribution in [0.1, 0.15) is 24.1 Å². The Morgan fingerprint density at radius 2 is 2.00 bits per heavy atom. The molecule has 1 unspecified atom stereocenters. The molecular weight excluding hydrogens is 314 g/mol. The van der Waals surface area contributed by atoms with Crippen molar-refractivity contribution in [2.75, 3.05) is 12.4 Å². The van der Waals surface area contributed by atoms with Crippen LogP contribution in [0.25, 0.3) is 0 Å². The van der Waals surface area contributed by atoms with Crippen molar-refractivity contribution >= 4 is 11.8 Å². The van der Waals surface area contributed by atoms with E-state index in [1.54, 1.807) is 35.1 Å². The fraction of sp³-hybridized carbons (Fsp3) is 0.211. The number of benzene rings is 1. The summed E-state index contributed by atoms with van der Waals surface area (Å²) in [5, 5.41) is 7.23. The highest BCUT2D eigenvalue weighted by Crippen LogP contribution is 2.19. The molecule has 1 atom stereocenters. The molecule has 2 heterocycles. The van der Waals surface area contributed by atoms with Gasteiger partial charge in [0.05, 0.1) is 12.6 Å². The number of amides is 2. The topological polar surface area (TPSA) is 63.1 Å². The Balaban J connectivity index is 1.61. The van der Waals surface area contributed by atoms with Crippen molar-refractivity contribution in [1.82, 2.24) is 19.7 Å². The van der Waals surface area contributed by atoms with E-state index in [9.17, 15) is 4.79 Å². The molecule has 25 heavy (non-hydrogen) atoms. The number of anilines is 1. The minimum atomic E-state index is -0.192. The number of nitrogens with one attached hydrogen (secondary N) is 1. The Morgan fingerprint density at radius 1 is 1.20 bits per heavy atom. The summed E-state index contributed by atoms with van der Waals surface area (Å²) in [7, 11) is 1.78. The van der Waals surface area contributed by atoms with Gasteiger partial charge in [-0.25, -0.2) is 4.79 Å². The van der Waals surface area contributed by atoms with E-state index < -0.39 is 0 Å². The quantitative estimate of drug-likeness (QED) is 0.775. The first-order valence-electron chi connectivity index (χ1n) is 8.14. The summed E-state index contributed by atoms with van der Waals surface area (Å²) in [4.78, 5) is 18.2. The number of urea groups is 1. The summed E-state index contributed by atoms with van der Waals surface area (Å²) >= 11 is 0. The Kier molecular flexibility index (Phi) is 5.09. The van der Waals surface area contributed by atoms with Crippen LogP contribution >= 0.6 is 0 Å². The number of hydrogen-bond acceptors (Lipinski definition) is 3. The van der Waals surface area contributed by atoms with Gasteiger partial charge in [-0.05, 0) is 24.1 Å². The highest BCUT2D eigenvalue weighted by molar-refractivity contribution is 5.88. The number of hydrogen-bond donors (Lipinski definition) is 1. The van der Waals surface area contributed by atoms with Crippen LogP contribution in [0.15, 0.2) is 67.1 Å². The van der Waals surface area contributed by atoms with Crippen molar-refractivity contribution in [3.63, 3.8) is 0 Å². The molecule has 0 bridgehead atoms. The van der Waals surface area contributed by atoms with Gasteiger partial charge in [-0.1, -0.05) is 36.4 Å². The van der Waals surface area contributed by atoms with Crippen molar-refractivity contribution in [2.24, 2.45) is 0 Å². The molecule has 1 N–H and O–H groups in total. The zero-order chi connectivity index (χ0) is 17.6. The fourth-order valence-corrected chi connectivity index (χ4v) is 2.52. The SMILES string of the molecule is CC(c1ccccc1)N(C)C(=O)Nc1ccn(Cc2cccnc2)n1. The third-order valence-electron chi connectivity index (χ3n) is 4.13. The highest BCUT2D eigenvalue weighted by atomic mass is 16.2. The van der Waals surface area contributed by atoms with E-state index in [0.717, 1.165) is 11.1 Å². The van der Waals surface area contributed by atoms with E-state index in [4.69, 9.17) is 0 Å². The first-order valence-corrected chi connectivity index (χ1v) is 8.14. The van der Waals surface area contributed by atoms with Gasteiger partial charge in [0.15, 0.2) is 5.82 Å². The molecule has 0 spiro atoms. The van der Waals surface area contributed by atoms with Crippen LogP contribution in [0.2, 0.25) is 0 Å². The second-order valence-electron chi connectivity index (χ2n) is 5.89. The third kappa shape index (κ3) is 4.23. The number of aromatic nitrogens is 3. The second kappa shape index (κ2) is 7.61. The van der Waals surface area contributed by atoms with Crippen LogP contribution in [-0.2, 0) is 6.54 Å². The van der Waals surface area contributed by atoms with Crippen LogP contribution in [0.3, 0.4) is 0 Å². The lowest BCUT2D eigenvalue weighted by Gasteiger charge is -2.25. The molecule has 1 aromatic carbocycles. The molecule has 0 aliphatic heterocycles. The van der Waals surface area contributed by atoms with Crippen LogP contribution in [0, 0.1) is 0 Å². The highest BCUT2D eigenvalue weighted by Gasteiger charge is 2.17. The molecular formula is C19H21N5O. The van der Waals surface area contributed by atoms with Gasteiger partial charge >= 0.3 is 6.03 Å². The molecule has 3 aromatic rings. The van der Waals surface area contributed by atoms with E-state index in [0.29, 0.717) is 12.4 Å². The molecule has 128 valence electrons. The fourth-order valence-electron chi connectivity index (χ4n) is 2.52. The Hall–Kier alpha value is -3.15. The molecule has 0 aliphatic rings. The molecule has 0 fully saturated rings. The summed E-state index contributed by atoms with van der Waals surface area (Å²) in [5.41, 5.74) is 2.14. The Bertz CT molecular complexity index is 816. The van der Waals surface area contributed by atoms with Gasteiger partial charge < -0.3 is 4.90 Å². The largest absolute Gasteiger partial charge is 0.323 e. The van der Waals surface area contributed by atoms with Gasteiger partial charge in [-0.2, -0.15) is 5.10 Å². The van der Waals surface area contributed by atoms with Crippen molar-refractivity contribution in [3.8, 4) is 0 Å². The lowest BCUT2D eigenvalue weighted by Crippen LogP contribution is -2.33. The van der Waals surface area contributed by atoms with Gasteiger partial charge in [0.1, 0.15) is 0 Å². The molecule has 0 saturated heterocycles. The van der Waals surface area contributed by atoms with E-state index in [-0.39, 0.29) is 12.1 Å². The normalized spacial score (nSPS) is 11.8. The van der Waals surface area contributed by atoms with Gasteiger partial charge in [-0.3, -0.25) is 15.0 Å². The van der Waals surface area contributed by atoms with Gasteiger partial charge in [0.25, 0.3) is 0 Å². The smallest absolute Gasteiger partial charge is 0.321 e. The molecule has 6 heteroatoms.